The number of hydrogen-bond acceptors (Lipinski definition) is 1. The predicted molar refractivity (Wildman–Crippen MR) is 175 cm³/mol. The fourth-order valence-electron chi connectivity index (χ4n) is 7.29. The maximum Gasteiger partial charge on any atom is 0.145 e. The molecule has 2 heteroatoms. The first-order valence-corrected chi connectivity index (χ1v) is 14.4. The summed E-state index contributed by atoms with van der Waals surface area (Å²) < 4.78 is 8.83. The highest BCUT2D eigenvalue weighted by atomic mass is 16.3. The van der Waals surface area contributed by atoms with Crippen LogP contribution in [0.3, 0.4) is 0 Å². The van der Waals surface area contributed by atoms with Crippen molar-refractivity contribution < 1.29 is 4.42 Å². The molecule has 0 bridgehead atoms. The van der Waals surface area contributed by atoms with E-state index in [9.17, 15) is 0 Å². The van der Waals surface area contributed by atoms with Gasteiger partial charge in [0.25, 0.3) is 0 Å². The molecule has 0 amide bonds. The van der Waals surface area contributed by atoms with Crippen molar-refractivity contribution in [3.8, 4) is 39.1 Å². The largest absolute Gasteiger partial charge is 0.455 e. The Balaban J connectivity index is 1.13. The summed E-state index contributed by atoms with van der Waals surface area (Å²) in [6, 6.07) is 50.5. The Morgan fingerprint density at radius 1 is 0.429 bits per heavy atom. The second-order valence-corrected chi connectivity index (χ2v) is 11.3. The Morgan fingerprint density at radius 2 is 1.17 bits per heavy atom. The van der Waals surface area contributed by atoms with Gasteiger partial charge in [-0.3, -0.25) is 0 Å². The lowest BCUT2D eigenvalue weighted by Gasteiger charge is -2.11. The SMILES string of the molecule is c1cc2c3c(cccc3c1)-c1cc(-c3ccc(-n4c5ccccc5c5c6oc7ccccc7c6ccc54)cc3)ccc1-2. The fraction of sp³-hybridized carbons (Fsp3) is 0. The highest BCUT2D eigenvalue weighted by Crippen LogP contribution is 2.48. The van der Waals surface area contributed by atoms with Gasteiger partial charge in [-0.2, -0.15) is 0 Å². The van der Waals surface area contributed by atoms with E-state index in [0.717, 1.165) is 38.5 Å². The first-order valence-electron chi connectivity index (χ1n) is 14.4. The zero-order chi connectivity index (χ0) is 27.4. The van der Waals surface area contributed by atoms with Crippen molar-refractivity contribution in [2.24, 2.45) is 0 Å². The van der Waals surface area contributed by atoms with E-state index in [1.165, 1.54) is 55.1 Å². The monoisotopic (exact) mass is 533 g/mol. The van der Waals surface area contributed by atoms with Gasteiger partial charge in [0.1, 0.15) is 11.2 Å². The summed E-state index contributed by atoms with van der Waals surface area (Å²) in [6.07, 6.45) is 0. The van der Waals surface area contributed by atoms with Crippen LogP contribution in [0.5, 0.6) is 0 Å². The second kappa shape index (κ2) is 7.99. The van der Waals surface area contributed by atoms with Crippen LogP contribution in [-0.4, -0.2) is 4.57 Å². The molecule has 1 aliphatic carbocycles. The van der Waals surface area contributed by atoms with Crippen LogP contribution in [0.2, 0.25) is 0 Å². The number of benzene rings is 7. The third-order valence-electron chi connectivity index (χ3n) is 9.14. The van der Waals surface area contributed by atoms with Crippen LogP contribution in [0.15, 0.2) is 144 Å². The van der Waals surface area contributed by atoms with Gasteiger partial charge in [-0.25, -0.2) is 0 Å². The molecule has 2 nitrogen and oxygen atoms in total. The molecule has 0 atom stereocenters. The molecule has 0 aliphatic heterocycles. The summed E-state index contributed by atoms with van der Waals surface area (Å²) in [5.41, 5.74) is 13.1. The molecule has 0 N–H and O–H groups in total. The molecule has 0 saturated heterocycles. The number of rotatable bonds is 2. The lowest BCUT2D eigenvalue weighted by atomic mass is 9.97. The van der Waals surface area contributed by atoms with Crippen molar-refractivity contribution >= 4 is 54.5 Å². The van der Waals surface area contributed by atoms with Crippen molar-refractivity contribution in [1.29, 1.82) is 0 Å². The van der Waals surface area contributed by atoms with E-state index < -0.39 is 0 Å². The van der Waals surface area contributed by atoms with Gasteiger partial charge in [0.2, 0.25) is 0 Å². The minimum absolute atomic E-state index is 0.926. The molecule has 2 heterocycles. The van der Waals surface area contributed by atoms with Crippen LogP contribution in [-0.2, 0) is 0 Å². The van der Waals surface area contributed by atoms with Gasteiger partial charge in [-0.15, -0.1) is 0 Å². The van der Waals surface area contributed by atoms with Crippen LogP contribution < -0.4 is 0 Å². The van der Waals surface area contributed by atoms with Crippen LogP contribution in [0, 0.1) is 0 Å². The Hall–Kier alpha value is -5.60. The predicted octanol–water partition coefficient (Wildman–Crippen LogP) is 11.2. The lowest BCUT2D eigenvalue weighted by molar-refractivity contribution is 0.673. The molecular weight excluding hydrogens is 510 g/mol. The third kappa shape index (κ3) is 2.83. The highest BCUT2D eigenvalue weighted by molar-refractivity contribution is 6.24. The zero-order valence-corrected chi connectivity index (χ0v) is 22.6. The number of hydrogen-bond donors (Lipinski definition) is 0. The minimum atomic E-state index is 0.926. The molecule has 10 rings (SSSR count). The van der Waals surface area contributed by atoms with Crippen molar-refractivity contribution in [3.05, 3.63) is 140 Å². The van der Waals surface area contributed by atoms with E-state index >= 15 is 0 Å². The van der Waals surface area contributed by atoms with Gasteiger partial charge in [-0.1, -0.05) is 97.1 Å². The summed E-state index contributed by atoms with van der Waals surface area (Å²) in [4.78, 5) is 0. The van der Waals surface area contributed by atoms with E-state index in [-0.39, 0.29) is 0 Å². The maximum absolute atomic E-state index is 6.47. The van der Waals surface area contributed by atoms with Crippen LogP contribution in [0.25, 0.3) is 93.6 Å². The average Bonchev–Trinajstić information content (AvgIpc) is 3.70. The van der Waals surface area contributed by atoms with Gasteiger partial charge in [0.05, 0.1) is 16.4 Å². The van der Waals surface area contributed by atoms with Crippen LogP contribution in [0.1, 0.15) is 0 Å². The van der Waals surface area contributed by atoms with E-state index in [2.05, 4.69) is 138 Å². The summed E-state index contributed by atoms with van der Waals surface area (Å²) in [5.74, 6) is 0. The molecule has 7 aromatic carbocycles. The highest BCUT2D eigenvalue weighted by Gasteiger charge is 2.22. The fourth-order valence-corrected chi connectivity index (χ4v) is 7.29. The average molecular weight is 534 g/mol. The number of nitrogens with zero attached hydrogens (tertiary/aromatic N) is 1. The van der Waals surface area contributed by atoms with Gasteiger partial charge in [0, 0.05) is 21.8 Å². The van der Waals surface area contributed by atoms with Crippen LogP contribution in [0.4, 0.5) is 0 Å². The first kappa shape index (κ1) is 22.1. The zero-order valence-electron chi connectivity index (χ0n) is 22.6. The molecule has 0 fully saturated rings. The van der Waals surface area contributed by atoms with Gasteiger partial charge in [0.15, 0.2) is 0 Å². The quantitative estimate of drug-likeness (QED) is 0.216. The smallest absolute Gasteiger partial charge is 0.145 e. The number of para-hydroxylation sites is 2. The Morgan fingerprint density at radius 3 is 2.02 bits per heavy atom. The molecule has 2 aromatic heterocycles. The lowest BCUT2D eigenvalue weighted by Crippen LogP contribution is -1.93. The summed E-state index contributed by atoms with van der Waals surface area (Å²) >= 11 is 0. The van der Waals surface area contributed by atoms with Crippen molar-refractivity contribution in [2.75, 3.05) is 0 Å². The minimum Gasteiger partial charge on any atom is -0.455 e. The number of fused-ring (bicyclic) bond motifs is 10. The molecule has 1 aliphatic rings. The van der Waals surface area contributed by atoms with E-state index in [1.807, 2.05) is 6.07 Å². The molecular formula is C40H23NO. The summed E-state index contributed by atoms with van der Waals surface area (Å²) in [5, 5.41) is 7.35. The van der Waals surface area contributed by atoms with Crippen molar-refractivity contribution in [1.82, 2.24) is 4.57 Å². The van der Waals surface area contributed by atoms with E-state index in [0.29, 0.717) is 0 Å². The van der Waals surface area contributed by atoms with E-state index in [4.69, 9.17) is 4.42 Å². The molecule has 0 unspecified atom stereocenters. The van der Waals surface area contributed by atoms with Crippen LogP contribution >= 0.6 is 0 Å². The Labute approximate surface area is 241 Å². The molecule has 0 saturated carbocycles. The summed E-state index contributed by atoms with van der Waals surface area (Å²) in [6.45, 7) is 0. The molecule has 0 radical (unpaired) electrons. The van der Waals surface area contributed by atoms with Crippen molar-refractivity contribution in [3.63, 3.8) is 0 Å². The van der Waals surface area contributed by atoms with E-state index in [1.54, 1.807) is 0 Å². The normalized spacial score (nSPS) is 12.3. The standard InChI is InChI=1S/C40H23NO/c1-3-13-35-33(10-1)39-36(22-21-32-29-9-2-4-14-37(29)42-40(32)39)41(35)27-18-15-24(16-19-27)26-17-20-28-30-11-5-7-25-8-6-12-31(38(25)30)34(28)23-26/h1-23H. The Kier molecular flexibility index (Phi) is 4.21. The Bertz CT molecular complexity index is 2560. The number of aromatic nitrogens is 1. The molecule has 0 spiro atoms. The first-order chi connectivity index (χ1) is 20.8. The van der Waals surface area contributed by atoms with Gasteiger partial charge < -0.3 is 8.98 Å². The maximum atomic E-state index is 6.47. The molecule has 42 heavy (non-hydrogen) atoms. The van der Waals surface area contributed by atoms with Gasteiger partial charge in [-0.05, 0) is 86.6 Å². The second-order valence-electron chi connectivity index (χ2n) is 11.3. The topological polar surface area (TPSA) is 18.1 Å². The molecule has 9 aromatic rings. The van der Waals surface area contributed by atoms with Gasteiger partial charge >= 0.3 is 0 Å². The molecule has 194 valence electrons. The summed E-state index contributed by atoms with van der Waals surface area (Å²) in [7, 11) is 0. The van der Waals surface area contributed by atoms with Crippen molar-refractivity contribution in [2.45, 2.75) is 0 Å². The third-order valence-corrected chi connectivity index (χ3v) is 9.14. The number of furan rings is 1.